The second-order valence-electron chi connectivity index (χ2n) is 4.68. The highest BCUT2D eigenvalue weighted by molar-refractivity contribution is 6.45. The van der Waals surface area contributed by atoms with E-state index in [1.807, 2.05) is 4.81 Å². The topological polar surface area (TPSA) is 23.5 Å². The normalized spacial score (nSPS) is 40.9. The van der Waals surface area contributed by atoms with Gasteiger partial charge in [0, 0.05) is 12.1 Å². The highest BCUT2D eigenvalue weighted by Gasteiger charge is 2.46. The Morgan fingerprint density at radius 1 is 1.53 bits per heavy atom. The van der Waals surface area contributed by atoms with E-state index in [1.165, 1.54) is 0 Å². The second-order valence-corrected chi connectivity index (χ2v) is 4.68. The van der Waals surface area contributed by atoms with Crippen LogP contribution >= 0.6 is 0 Å². The van der Waals surface area contributed by atoms with Gasteiger partial charge in [0.05, 0.1) is 5.92 Å². The third-order valence-corrected chi connectivity index (χ3v) is 3.77. The maximum atomic E-state index is 14.0. The molecule has 2 nitrogen and oxygen atoms in total. The third-order valence-electron chi connectivity index (χ3n) is 3.77. The average Bonchev–Trinajstić information content (AvgIpc) is 2.22. The predicted molar refractivity (Wildman–Crippen MR) is 58.9 cm³/mol. The average molecular weight is 209 g/mol. The van der Waals surface area contributed by atoms with Crippen LogP contribution in [0.1, 0.15) is 25.7 Å². The van der Waals surface area contributed by atoms with Gasteiger partial charge in [-0.3, -0.25) is 0 Å². The summed E-state index contributed by atoms with van der Waals surface area (Å²) in [5.41, 5.74) is 0. The van der Waals surface area contributed by atoms with Crippen molar-refractivity contribution in [2.75, 3.05) is 0 Å². The smallest absolute Gasteiger partial charge is 0.376 e. The Balaban J connectivity index is 2.21. The lowest BCUT2D eigenvalue weighted by Gasteiger charge is -2.50. The molecule has 2 fully saturated rings. The van der Waals surface area contributed by atoms with Gasteiger partial charge in [-0.1, -0.05) is 6.42 Å². The minimum absolute atomic E-state index is 0.168. The minimum Gasteiger partial charge on any atom is -0.437 e. The summed E-state index contributed by atoms with van der Waals surface area (Å²) >= 11 is 0. The molecule has 2 saturated heterocycles. The van der Waals surface area contributed by atoms with Gasteiger partial charge in [-0.25, -0.2) is 4.39 Å². The van der Waals surface area contributed by atoms with E-state index in [9.17, 15) is 9.41 Å². The molecule has 2 heterocycles. The molecule has 4 atom stereocenters. The third kappa shape index (κ3) is 1.79. The highest BCUT2D eigenvalue weighted by Crippen LogP contribution is 2.38. The molecule has 1 N–H and O–H groups in total. The molecule has 2 rings (SSSR count). The molecule has 0 amide bonds. The van der Waals surface area contributed by atoms with E-state index in [1.54, 1.807) is 6.82 Å². The molecule has 1 unspecified atom stereocenters. The molecule has 0 radical (unpaired) electrons. The number of fused-ring (bicyclic) bond motifs is 2. The Labute approximate surface area is 91.0 Å². The molecule has 0 aromatic rings. The van der Waals surface area contributed by atoms with Gasteiger partial charge in [-0.2, -0.15) is 0 Å². The Kier molecular flexibility index (Phi) is 3.04. The van der Waals surface area contributed by atoms with Crippen molar-refractivity contribution in [1.29, 1.82) is 0 Å². The second kappa shape index (κ2) is 4.15. The van der Waals surface area contributed by atoms with Gasteiger partial charge in [0.1, 0.15) is 6.17 Å². The number of nitrogens with zero attached hydrogens (tertiary/aromatic N) is 1. The molecular formula is C11H17BFNO. The summed E-state index contributed by atoms with van der Waals surface area (Å²) in [4.78, 5) is 1.92. The first-order chi connectivity index (χ1) is 7.15. The van der Waals surface area contributed by atoms with Crippen LogP contribution in [0.3, 0.4) is 0 Å². The van der Waals surface area contributed by atoms with Gasteiger partial charge >= 0.3 is 7.05 Å². The van der Waals surface area contributed by atoms with Crippen molar-refractivity contribution in [3.8, 4) is 12.3 Å². The number of rotatable bonds is 1. The highest BCUT2D eigenvalue weighted by atomic mass is 19.1. The summed E-state index contributed by atoms with van der Waals surface area (Å²) in [6, 6.07) is 0.107. The zero-order valence-corrected chi connectivity index (χ0v) is 9.06. The van der Waals surface area contributed by atoms with Crippen LogP contribution in [0.4, 0.5) is 4.39 Å². The molecular weight excluding hydrogens is 192 g/mol. The van der Waals surface area contributed by atoms with Gasteiger partial charge in [0.15, 0.2) is 0 Å². The van der Waals surface area contributed by atoms with Crippen LogP contribution in [0.2, 0.25) is 6.82 Å². The fourth-order valence-electron chi connectivity index (χ4n) is 3.13. The first-order valence-electron chi connectivity index (χ1n) is 5.71. The molecule has 4 heteroatoms. The molecule has 0 aliphatic carbocycles. The van der Waals surface area contributed by atoms with Crippen molar-refractivity contribution in [2.45, 2.75) is 50.8 Å². The number of hydrogen-bond donors (Lipinski definition) is 1. The summed E-state index contributed by atoms with van der Waals surface area (Å²) in [5, 5.41) is 9.67. The minimum atomic E-state index is -0.971. The number of hydrogen-bond acceptors (Lipinski definition) is 2. The van der Waals surface area contributed by atoms with E-state index < -0.39 is 13.2 Å². The lowest BCUT2D eigenvalue weighted by atomic mass is 9.69. The van der Waals surface area contributed by atoms with Crippen molar-refractivity contribution in [2.24, 2.45) is 5.92 Å². The van der Waals surface area contributed by atoms with E-state index >= 15 is 0 Å². The van der Waals surface area contributed by atoms with Crippen LogP contribution < -0.4 is 0 Å². The first kappa shape index (κ1) is 11.0. The Hall–Kier alpha value is -0.525. The Morgan fingerprint density at radius 3 is 2.87 bits per heavy atom. The van der Waals surface area contributed by atoms with E-state index in [2.05, 4.69) is 5.92 Å². The maximum absolute atomic E-state index is 14.0. The first-order valence-corrected chi connectivity index (χ1v) is 5.71. The van der Waals surface area contributed by atoms with Crippen molar-refractivity contribution in [3.05, 3.63) is 0 Å². The van der Waals surface area contributed by atoms with Gasteiger partial charge in [0.25, 0.3) is 0 Å². The molecule has 15 heavy (non-hydrogen) atoms. The molecule has 2 aliphatic rings. The van der Waals surface area contributed by atoms with Gasteiger partial charge < -0.3 is 9.83 Å². The predicted octanol–water partition coefficient (Wildman–Crippen LogP) is 1.31. The number of piperidine rings is 2. The molecule has 2 aliphatic heterocycles. The summed E-state index contributed by atoms with van der Waals surface area (Å²) < 4.78 is 14.0. The number of alkyl halides is 1. The zero-order chi connectivity index (χ0) is 11.0. The molecule has 82 valence electrons. The summed E-state index contributed by atoms with van der Waals surface area (Å²) in [5.74, 6) is 2.30. The van der Waals surface area contributed by atoms with E-state index in [0.717, 1.165) is 19.3 Å². The number of halogens is 1. The van der Waals surface area contributed by atoms with Crippen LogP contribution in [0, 0.1) is 18.3 Å². The monoisotopic (exact) mass is 209 g/mol. The van der Waals surface area contributed by atoms with Crippen molar-refractivity contribution >= 4 is 7.05 Å². The Morgan fingerprint density at radius 2 is 2.27 bits per heavy atom. The standard InChI is InChI=1S/C11H17BFNO/c1-3-8-7-9-5-4-6-10(11(8)13)14(9)12(2)15/h1,8-11,15H,4-7H2,2H3/t8-,9?,10+,11-/m1/s1. The molecule has 0 spiro atoms. The van der Waals surface area contributed by atoms with Crippen molar-refractivity contribution in [3.63, 3.8) is 0 Å². The summed E-state index contributed by atoms with van der Waals surface area (Å²) in [7, 11) is -0.558. The fraction of sp³-hybridized carbons (Fsp3) is 0.818. The maximum Gasteiger partial charge on any atom is 0.376 e. The van der Waals surface area contributed by atoms with Crippen LogP contribution in [0.25, 0.3) is 0 Å². The lowest BCUT2D eigenvalue weighted by molar-refractivity contribution is 0.0128. The molecule has 0 aromatic carbocycles. The van der Waals surface area contributed by atoms with Crippen LogP contribution in [-0.4, -0.2) is 35.1 Å². The molecule has 0 saturated carbocycles. The fourth-order valence-corrected chi connectivity index (χ4v) is 3.13. The SMILES string of the molecule is C#C[C@@H]1CC2CCC[C@@H]([C@@H]1F)N2B(C)O. The van der Waals surface area contributed by atoms with E-state index in [0.29, 0.717) is 6.42 Å². The van der Waals surface area contributed by atoms with Gasteiger partial charge in [0.2, 0.25) is 0 Å². The van der Waals surface area contributed by atoms with E-state index in [4.69, 9.17) is 6.42 Å². The van der Waals surface area contributed by atoms with Gasteiger partial charge in [-0.15, -0.1) is 12.3 Å². The van der Waals surface area contributed by atoms with E-state index in [-0.39, 0.29) is 18.0 Å². The quantitative estimate of drug-likeness (QED) is 0.519. The summed E-state index contributed by atoms with van der Waals surface area (Å²) in [6.07, 6.45) is 7.98. The Bertz CT molecular complexity index is 278. The van der Waals surface area contributed by atoms with Crippen LogP contribution in [-0.2, 0) is 0 Å². The summed E-state index contributed by atoms with van der Waals surface area (Å²) in [6.45, 7) is 1.72. The van der Waals surface area contributed by atoms with Crippen molar-refractivity contribution < 1.29 is 9.41 Å². The largest absolute Gasteiger partial charge is 0.437 e. The lowest BCUT2D eigenvalue weighted by Crippen LogP contribution is -2.62. The van der Waals surface area contributed by atoms with Crippen LogP contribution in [0.5, 0.6) is 0 Å². The molecule has 2 bridgehead atoms. The molecule has 0 aromatic heterocycles. The zero-order valence-electron chi connectivity index (χ0n) is 9.06. The van der Waals surface area contributed by atoms with Crippen LogP contribution in [0.15, 0.2) is 0 Å². The number of terminal acetylenes is 1. The van der Waals surface area contributed by atoms with Gasteiger partial charge in [-0.05, 0) is 26.1 Å². The van der Waals surface area contributed by atoms with Crippen molar-refractivity contribution in [1.82, 2.24) is 4.81 Å².